The number of hydrogen-bond acceptors (Lipinski definition) is 8. The average Bonchev–Trinajstić information content (AvgIpc) is 3.09. The normalized spacial score (nSPS) is 10.5. The molecule has 0 saturated heterocycles. The van der Waals surface area contributed by atoms with Crippen molar-refractivity contribution in [3.63, 3.8) is 0 Å². The molecular weight excluding hydrogens is 444 g/mol. The maximum atomic E-state index is 12.3. The van der Waals surface area contributed by atoms with Gasteiger partial charge in [-0.15, -0.1) is 0 Å². The first-order chi connectivity index (χ1) is 15.2. The Bertz CT molecular complexity index is 1000. The number of carbonyl (C=O) groups excluding carboxylic acids is 1. The van der Waals surface area contributed by atoms with Crippen molar-refractivity contribution in [2.75, 3.05) is 0 Å². The Labute approximate surface area is 196 Å². The van der Waals surface area contributed by atoms with Crippen molar-refractivity contribution in [2.24, 2.45) is 5.73 Å². The summed E-state index contributed by atoms with van der Waals surface area (Å²) >= 11 is 1.86. The Balaban J connectivity index is 1.71. The molecule has 7 N–H and O–H groups in total. The maximum Gasteiger partial charge on any atom is 0.230 e. The number of aromatic nitrogens is 2. The van der Waals surface area contributed by atoms with E-state index in [4.69, 9.17) is 27.4 Å². The van der Waals surface area contributed by atoms with Gasteiger partial charge in [0.1, 0.15) is 5.82 Å². The molecule has 1 aromatic carbocycles. The molecule has 1 amide bonds. The predicted molar refractivity (Wildman–Crippen MR) is 133 cm³/mol. The molecule has 170 valence electrons. The summed E-state index contributed by atoms with van der Waals surface area (Å²) in [5, 5.41) is 33.7. The van der Waals surface area contributed by atoms with E-state index in [1.165, 1.54) is 0 Å². The molecule has 0 unspecified atom stereocenters. The Morgan fingerprint density at radius 2 is 1.75 bits per heavy atom. The van der Waals surface area contributed by atoms with Crippen LogP contribution in [0.25, 0.3) is 0 Å². The number of benzene rings is 1. The zero-order chi connectivity index (χ0) is 23.5. The molecule has 0 radical (unpaired) electrons. The average molecular weight is 473 g/mol. The first-order valence-electron chi connectivity index (χ1n) is 10.0. The Morgan fingerprint density at radius 1 is 1.09 bits per heavy atom. The molecule has 0 aliphatic rings. The van der Waals surface area contributed by atoms with Gasteiger partial charge in [0, 0.05) is 18.9 Å². The van der Waals surface area contributed by atoms with Gasteiger partial charge in [-0.2, -0.15) is 0 Å². The lowest BCUT2D eigenvalue weighted by molar-refractivity contribution is -0.119. The summed E-state index contributed by atoms with van der Waals surface area (Å²) in [4.78, 5) is 16.5. The smallest absolute Gasteiger partial charge is 0.230 e. The second kappa shape index (κ2) is 12.8. The fraction of sp³-hybridized carbons (Fsp3) is 0.333. The fourth-order valence-electron chi connectivity index (χ4n) is 2.92. The number of nitrogens with zero attached hydrogens (tertiary/aromatic N) is 2. The van der Waals surface area contributed by atoms with E-state index in [0.717, 1.165) is 40.5 Å². The molecule has 0 atom stereocenters. The highest BCUT2D eigenvalue weighted by Gasteiger charge is 2.10. The quantitative estimate of drug-likeness (QED) is 0.185. The molecule has 2 aromatic rings. The van der Waals surface area contributed by atoms with Crippen LogP contribution in [-0.4, -0.2) is 35.9 Å². The number of imidazole rings is 1. The SMILES string of the molecule is Cc1nccn1Cc1cccc(CC(=O)NC(=N)SC(=N)CCCCC(=N)SC(=N)N)c1. The summed E-state index contributed by atoms with van der Waals surface area (Å²) in [5.41, 5.74) is 7.16. The third-order valence-corrected chi connectivity index (χ3v) is 5.83. The Hall–Kier alpha value is -2.92. The lowest BCUT2D eigenvalue weighted by atomic mass is 10.1. The standard InChI is InChI=1S/C21H28N8OS2/c1-14-27-9-10-29(14)13-16-6-4-5-15(11-16)12-19(30)28-21(26)32-18(23)8-3-2-7-17(22)31-20(24)25/h4-6,9-11,22-23H,2-3,7-8,12-13H2,1H3,(H3,24,25)(H2,26,28,30). The molecule has 2 rings (SSSR count). The second-order valence-corrected chi connectivity index (χ2v) is 9.34. The van der Waals surface area contributed by atoms with Gasteiger partial charge in [0.2, 0.25) is 5.91 Å². The van der Waals surface area contributed by atoms with Crippen molar-refractivity contribution in [2.45, 2.75) is 45.6 Å². The highest BCUT2D eigenvalue weighted by molar-refractivity contribution is 8.26. The third kappa shape index (κ3) is 9.48. The van der Waals surface area contributed by atoms with Gasteiger partial charge in [-0.3, -0.25) is 26.4 Å². The number of rotatable bonds is 9. The summed E-state index contributed by atoms with van der Waals surface area (Å²) in [6.07, 6.45) is 6.20. The first-order valence-corrected chi connectivity index (χ1v) is 11.6. The van der Waals surface area contributed by atoms with Gasteiger partial charge in [-0.25, -0.2) is 4.98 Å². The van der Waals surface area contributed by atoms with Crippen molar-refractivity contribution < 1.29 is 4.79 Å². The van der Waals surface area contributed by atoms with E-state index < -0.39 is 0 Å². The number of hydrogen-bond donors (Lipinski definition) is 6. The van der Waals surface area contributed by atoms with Crippen LogP contribution >= 0.6 is 23.5 Å². The lowest BCUT2D eigenvalue weighted by Crippen LogP contribution is -2.29. The molecule has 0 aliphatic carbocycles. The topological polar surface area (TPSA) is 168 Å². The minimum absolute atomic E-state index is 0.0647. The Morgan fingerprint density at radius 3 is 2.38 bits per heavy atom. The number of amides is 1. The molecule has 11 heteroatoms. The first kappa shape index (κ1) is 25.3. The van der Waals surface area contributed by atoms with Gasteiger partial charge in [0.25, 0.3) is 0 Å². The van der Waals surface area contributed by atoms with Crippen LogP contribution < -0.4 is 11.1 Å². The number of aryl methyl sites for hydroxylation is 1. The van der Waals surface area contributed by atoms with Gasteiger partial charge >= 0.3 is 0 Å². The van der Waals surface area contributed by atoms with Gasteiger partial charge in [0.15, 0.2) is 10.3 Å². The predicted octanol–water partition coefficient (Wildman–Crippen LogP) is 3.71. The van der Waals surface area contributed by atoms with Crippen molar-refractivity contribution >= 4 is 49.9 Å². The molecule has 9 nitrogen and oxygen atoms in total. The van der Waals surface area contributed by atoms with Crippen LogP contribution in [0.1, 0.15) is 42.6 Å². The molecule has 0 saturated carbocycles. The Kier molecular flexibility index (Phi) is 10.2. The number of carbonyl (C=O) groups is 1. The minimum atomic E-state index is -0.291. The van der Waals surface area contributed by atoms with Crippen LogP contribution in [0.3, 0.4) is 0 Å². The molecule has 32 heavy (non-hydrogen) atoms. The monoisotopic (exact) mass is 472 g/mol. The van der Waals surface area contributed by atoms with E-state index in [1.807, 2.05) is 42.0 Å². The maximum absolute atomic E-state index is 12.3. The van der Waals surface area contributed by atoms with Gasteiger partial charge in [-0.1, -0.05) is 24.3 Å². The molecule has 0 bridgehead atoms. The zero-order valence-electron chi connectivity index (χ0n) is 17.9. The van der Waals surface area contributed by atoms with Gasteiger partial charge < -0.3 is 15.6 Å². The van der Waals surface area contributed by atoms with Crippen molar-refractivity contribution in [1.29, 1.82) is 21.6 Å². The van der Waals surface area contributed by atoms with E-state index in [0.29, 0.717) is 42.3 Å². The summed E-state index contributed by atoms with van der Waals surface area (Å²) < 4.78 is 2.03. The number of thioether (sulfide) groups is 2. The van der Waals surface area contributed by atoms with E-state index in [-0.39, 0.29) is 22.7 Å². The zero-order valence-corrected chi connectivity index (χ0v) is 19.5. The van der Waals surface area contributed by atoms with Crippen LogP contribution in [0.5, 0.6) is 0 Å². The summed E-state index contributed by atoms with van der Waals surface area (Å²) in [6.45, 7) is 2.62. The van der Waals surface area contributed by atoms with Gasteiger partial charge in [-0.05, 0) is 67.3 Å². The number of amidine groups is 2. The van der Waals surface area contributed by atoms with E-state index in [1.54, 1.807) is 6.20 Å². The van der Waals surface area contributed by atoms with Crippen LogP contribution in [0.2, 0.25) is 0 Å². The van der Waals surface area contributed by atoms with E-state index in [2.05, 4.69) is 10.3 Å². The minimum Gasteiger partial charge on any atom is -0.378 e. The van der Waals surface area contributed by atoms with Crippen LogP contribution in [0.15, 0.2) is 36.7 Å². The fourth-order valence-corrected chi connectivity index (χ4v) is 4.09. The molecule has 0 aliphatic heterocycles. The summed E-state index contributed by atoms with van der Waals surface area (Å²) in [6, 6.07) is 7.76. The van der Waals surface area contributed by atoms with Crippen molar-refractivity contribution in [3.05, 3.63) is 53.6 Å². The highest BCUT2D eigenvalue weighted by atomic mass is 32.2. The van der Waals surface area contributed by atoms with Crippen LogP contribution in [-0.2, 0) is 17.8 Å². The number of nitrogens with two attached hydrogens (primary N) is 1. The summed E-state index contributed by atoms with van der Waals surface area (Å²) in [7, 11) is 0. The van der Waals surface area contributed by atoms with Crippen molar-refractivity contribution in [1.82, 2.24) is 14.9 Å². The molecular formula is C21H28N8OS2. The number of nitrogens with one attached hydrogen (secondary N) is 5. The van der Waals surface area contributed by atoms with E-state index >= 15 is 0 Å². The van der Waals surface area contributed by atoms with Crippen LogP contribution in [0.4, 0.5) is 0 Å². The van der Waals surface area contributed by atoms with Crippen LogP contribution in [0, 0.1) is 28.6 Å². The second-order valence-electron chi connectivity index (χ2n) is 7.10. The highest BCUT2D eigenvalue weighted by Crippen LogP contribution is 2.14. The molecule has 0 spiro atoms. The van der Waals surface area contributed by atoms with Crippen molar-refractivity contribution in [3.8, 4) is 0 Å². The third-order valence-electron chi connectivity index (χ3n) is 4.40. The lowest BCUT2D eigenvalue weighted by Gasteiger charge is -2.09. The molecule has 1 aromatic heterocycles. The van der Waals surface area contributed by atoms with Gasteiger partial charge in [0.05, 0.1) is 16.5 Å². The molecule has 1 heterocycles. The largest absolute Gasteiger partial charge is 0.378 e. The summed E-state index contributed by atoms with van der Waals surface area (Å²) in [5.74, 6) is 0.634. The molecule has 0 fully saturated rings. The number of unbranched alkanes of at least 4 members (excludes halogenated alkanes) is 1. The van der Waals surface area contributed by atoms with E-state index in [9.17, 15) is 4.79 Å².